The number of aromatic nitrogens is 1. The fourth-order valence-electron chi connectivity index (χ4n) is 4.15. The minimum absolute atomic E-state index is 0.0251. The fourth-order valence-corrected chi connectivity index (χ4v) is 4.15. The van der Waals surface area contributed by atoms with Crippen molar-refractivity contribution >= 4 is 22.3 Å². The number of aromatic hydroxyl groups is 1. The summed E-state index contributed by atoms with van der Waals surface area (Å²) in [6.45, 7) is 1.85. The van der Waals surface area contributed by atoms with E-state index in [4.69, 9.17) is 0 Å². The number of anilines is 2. The molecule has 1 fully saturated rings. The summed E-state index contributed by atoms with van der Waals surface area (Å²) in [5, 5.41) is 11.3. The number of nitrogens with zero attached hydrogens (tertiary/aromatic N) is 3. The van der Waals surface area contributed by atoms with Gasteiger partial charge in [-0.3, -0.25) is 4.98 Å². The molecule has 0 amide bonds. The molecule has 0 radical (unpaired) electrons. The molecule has 0 saturated carbocycles. The molecule has 5 rings (SSSR count). The Bertz CT molecular complexity index is 1050. The van der Waals surface area contributed by atoms with Crippen molar-refractivity contribution in [1.82, 2.24) is 4.98 Å². The molecule has 1 aliphatic heterocycles. The molecule has 1 aromatic heterocycles. The van der Waals surface area contributed by atoms with Crippen LogP contribution in [-0.4, -0.2) is 23.2 Å². The van der Waals surface area contributed by atoms with Gasteiger partial charge in [-0.05, 0) is 36.4 Å². The first-order valence-electron chi connectivity index (χ1n) is 9.53. The molecule has 0 bridgehead atoms. The van der Waals surface area contributed by atoms with Gasteiger partial charge in [0.25, 0.3) is 0 Å². The number of phenolic OH excluding ortho intramolecular Hbond substituents is 1. The summed E-state index contributed by atoms with van der Waals surface area (Å²) < 4.78 is 0. The molecule has 138 valence electrons. The first kappa shape index (κ1) is 16.6. The van der Waals surface area contributed by atoms with Gasteiger partial charge in [0, 0.05) is 41.6 Å². The second-order valence-electron chi connectivity index (χ2n) is 7.01. The Morgan fingerprint density at radius 1 is 0.714 bits per heavy atom. The van der Waals surface area contributed by atoms with Crippen LogP contribution in [0.1, 0.15) is 11.7 Å². The molecule has 4 heteroatoms. The van der Waals surface area contributed by atoms with Crippen molar-refractivity contribution in [3.8, 4) is 5.75 Å². The van der Waals surface area contributed by atoms with Gasteiger partial charge in [0.2, 0.25) is 0 Å². The SMILES string of the molecule is Oc1ccc(C2N(c3ccccc3)CCN2c2ccccc2)c2cccnc12. The number of phenols is 1. The number of benzene rings is 3. The molecular weight excluding hydrogens is 346 g/mol. The van der Waals surface area contributed by atoms with Crippen molar-refractivity contribution in [3.63, 3.8) is 0 Å². The number of para-hydroxylation sites is 2. The summed E-state index contributed by atoms with van der Waals surface area (Å²) in [6, 6.07) is 28.8. The summed E-state index contributed by atoms with van der Waals surface area (Å²) in [5.41, 5.74) is 4.17. The highest BCUT2D eigenvalue weighted by Gasteiger charge is 2.34. The lowest BCUT2D eigenvalue weighted by molar-refractivity contribution is 0.480. The third kappa shape index (κ3) is 2.74. The molecule has 28 heavy (non-hydrogen) atoms. The summed E-state index contributed by atoms with van der Waals surface area (Å²) in [4.78, 5) is 9.27. The van der Waals surface area contributed by atoms with Crippen LogP contribution >= 0.6 is 0 Å². The van der Waals surface area contributed by atoms with Gasteiger partial charge >= 0.3 is 0 Å². The van der Waals surface area contributed by atoms with Gasteiger partial charge in [-0.1, -0.05) is 48.5 Å². The lowest BCUT2D eigenvalue weighted by atomic mass is 10.0. The van der Waals surface area contributed by atoms with E-state index in [1.165, 1.54) is 11.4 Å². The van der Waals surface area contributed by atoms with Gasteiger partial charge in [0.05, 0.1) is 0 Å². The smallest absolute Gasteiger partial charge is 0.141 e. The number of fused-ring (bicyclic) bond motifs is 1. The average Bonchev–Trinajstić information content (AvgIpc) is 3.20. The molecule has 0 spiro atoms. The zero-order valence-electron chi connectivity index (χ0n) is 15.4. The molecule has 3 aromatic carbocycles. The van der Waals surface area contributed by atoms with E-state index in [2.05, 4.69) is 63.3 Å². The van der Waals surface area contributed by atoms with Crippen LogP contribution in [0.25, 0.3) is 10.9 Å². The maximum atomic E-state index is 10.3. The fraction of sp³-hybridized carbons (Fsp3) is 0.125. The number of hydrogen-bond donors (Lipinski definition) is 1. The van der Waals surface area contributed by atoms with Gasteiger partial charge in [0.1, 0.15) is 17.4 Å². The third-order valence-corrected chi connectivity index (χ3v) is 5.41. The van der Waals surface area contributed by atoms with E-state index in [0.29, 0.717) is 5.52 Å². The van der Waals surface area contributed by atoms with Gasteiger partial charge in [-0.2, -0.15) is 0 Å². The average molecular weight is 367 g/mol. The molecule has 4 aromatic rings. The Morgan fingerprint density at radius 3 is 1.93 bits per heavy atom. The molecule has 1 N–H and O–H groups in total. The van der Waals surface area contributed by atoms with Crippen molar-refractivity contribution in [1.29, 1.82) is 0 Å². The Hall–Kier alpha value is -3.53. The van der Waals surface area contributed by atoms with Gasteiger partial charge < -0.3 is 14.9 Å². The van der Waals surface area contributed by atoms with E-state index >= 15 is 0 Å². The van der Waals surface area contributed by atoms with Crippen molar-refractivity contribution in [2.24, 2.45) is 0 Å². The van der Waals surface area contributed by atoms with E-state index in [-0.39, 0.29) is 11.9 Å². The second-order valence-corrected chi connectivity index (χ2v) is 7.01. The predicted molar refractivity (Wildman–Crippen MR) is 114 cm³/mol. The van der Waals surface area contributed by atoms with Gasteiger partial charge in [-0.15, -0.1) is 0 Å². The van der Waals surface area contributed by atoms with Crippen molar-refractivity contribution in [2.45, 2.75) is 6.17 Å². The largest absolute Gasteiger partial charge is 0.506 e. The van der Waals surface area contributed by atoms with Crippen LogP contribution in [0.2, 0.25) is 0 Å². The standard InChI is InChI=1S/C24H21N3O/c28-22-14-13-21(20-12-7-15-25-23(20)22)24-26(18-8-3-1-4-9-18)16-17-27(24)19-10-5-2-6-11-19/h1-15,24,28H,16-17H2. The first-order valence-corrected chi connectivity index (χ1v) is 9.53. The molecule has 0 atom stereocenters. The van der Waals surface area contributed by atoms with Crippen molar-refractivity contribution in [2.75, 3.05) is 22.9 Å². The highest BCUT2D eigenvalue weighted by Crippen LogP contribution is 2.41. The molecule has 0 aliphatic carbocycles. The maximum Gasteiger partial charge on any atom is 0.141 e. The summed E-state index contributed by atoms with van der Waals surface area (Å²) in [5.74, 6) is 0.217. The van der Waals surface area contributed by atoms with Crippen LogP contribution in [0, 0.1) is 0 Å². The Morgan fingerprint density at radius 2 is 1.32 bits per heavy atom. The lowest BCUT2D eigenvalue weighted by Crippen LogP contribution is -2.31. The van der Waals surface area contributed by atoms with E-state index < -0.39 is 0 Å². The minimum Gasteiger partial charge on any atom is -0.506 e. The summed E-state index contributed by atoms with van der Waals surface area (Å²) >= 11 is 0. The Balaban J connectivity index is 1.70. The van der Waals surface area contributed by atoms with E-state index in [1.54, 1.807) is 12.3 Å². The summed E-state index contributed by atoms with van der Waals surface area (Å²) in [6.07, 6.45) is 1.75. The number of hydrogen-bond acceptors (Lipinski definition) is 4. The second kappa shape index (κ2) is 6.89. The highest BCUT2D eigenvalue weighted by molar-refractivity contribution is 5.88. The Kier molecular flexibility index (Phi) is 4.09. The van der Waals surface area contributed by atoms with Crippen LogP contribution in [0.15, 0.2) is 91.1 Å². The summed E-state index contributed by atoms with van der Waals surface area (Å²) in [7, 11) is 0. The zero-order chi connectivity index (χ0) is 18.9. The van der Waals surface area contributed by atoms with E-state index in [0.717, 1.165) is 24.0 Å². The van der Waals surface area contributed by atoms with Crippen molar-refractivity contribution < 1.29 is 5.11 Å². The quantitative estimate of drug-likeness (QED) is 0.555. The van der Waals surface area contributed by atoms with Crippen LogP contribution < -0.4 is 9.80 Å². The number of rotatable bonds is 3. The lowest BCUT2D eigenvalue weighted by Gasteiger charge is -2.34. The van der Waals surface area contributed by atoms with Crippen LogP contribution in [0.4, 0.5) is 11.4 Å². The first-order chi connectivity index (χ1) is 13.8. The van der Waals surface area contributed by atoms with E-state index in [9.17, 15) is 5.11 Å². The number of pyridine rings is 1. The Labute approximate surface area is 164 Å². The molecule has 0 unspecified atom stereocenters. The monoisotopic (exact) mass is 367 g/mol. The van der Waals surface area contributed by atoms with Gasteiger partial charge in [-0.25, -0.2) is 0 Å². The maximum absolute atomic E-state index is 10.3. The molecule has 4 nitrogen and oxygen atoms in total. The van der Waals surface area contributed by atoms with Crippen LogP contribution in [0.5, 0.6) is 5.75 Å². The van der Waals surface area contributed by atoms with Gasteiger partial charge in [0.15, 0.2) is 0 Å². The zero-order valence-corrected chi connectivity index (χ0v) is 15.4. The molecule has 2 heterocycles. The topological polar surface area (TPSA) is 39.6 Å². The van der Waals surface area contributed by atoms with Crippen molar-refractivity contribution in [3.05, 3.63) is 96.7 Å². The minimum atomic E-state index is 0.0251. The van der Waals surface area contributed by atoms with E-state index in [1.807, 2.05) is 30.3 Å². The molecular formula is C24H21N3O. The highest BCUT2D eigenvalue weighted by atomic mass is 16.3. The van der Waals surface area contributed by atoms with Crippen LogP contribution in [0.3, 0.4) is 0 Å². The normalized spacial score (nSPS) is 14.7. The third-order valence-electron chi connectivity index (χ3n) is 5.41. The van der Waals surface area contributed by atoms with Crippen LogP contribution in [-0.2, 0) is 0 Å². The molecule has 1 aliphatic rings. The predicted octanol–water partition coefficient (Wildman–Crippen LogP) is 4.97. The molecule has 1 saturated heterocycles.